The van der Waals surface area contributed by atoms with Crippen LogP contribution in [0.2, 0.25) is 0 Å². The summed E-state index contributed by atoms with van der Waals surface area (Å²) in [5.74, 6) is -2.14. The fourth-order valence-corrected chi connectivity index (χ4v) is 2.05. The van der Waals surface area contributed by atoms with Gasteiger partial charge in [0, 0.05) is 12.3 Å². The Labute approximate surface area is 82.6 Å². The number of ketones is 1. The summed E-state index contributed by atoms with van der Waals surface area (Å²) in [5, 5.41) is 0. The smallest absolute Gasteiger partial charge is 0.351 e. The second-order valence-electron chi connectivity index (χ2n) is 4.07. The maximum Gasteiger partial charge on any atom is 0.351 e. The zero-order valence-electron chi connectivity index (χ0n) is 8.67. The van der Waals surface area contributed by atoms with Gasteiger partial charge in [-0.15, -0.1) is 0 Å². The quantitative estimate of drug-likeness (QED) is 0.478. The Morgan fingerprint density at radius 2 is 2.14 bits per heavy atom. The van der Waals surface area contributed by atoms with Crippen molar-refractivity contribution in [3.05, 3.63) is 0 Å². The highest BCUT2D eigenvalue weighted by Crippen LogP contribution is 2.37. The SMILES string of the molecule is COC(=O)C1(F)C(=O)CC(C)CC1C. The number of methoxy groups -OCH3 is 1. The molecular weight excluding hydrogens is 187 g/mol. The fourth-order valence-electron chi connectivity index (χ4n) is 2.05. The van der Waals surface area contributed by atoms with Crippen molar-refractivity contribution in [3.8, 4) is 0 Å². The van der Waals surface area contributed by atoms with Gasteiger partial charge in [-0.1, -0.05) is 13.8 Å². The summed E-state index contributed by atoms with van der Waals surface area (Å²) in [6.45, 7) is 3.45. The van der Waals surface area contributed by atoms with Gasteiger partial charge in [0.05, 0.1) is 7.11 Å². The standard InChI is InChI=1S/C10H15FO3/c1-6-4-7(2)10(11,8(12)5-6)9(13)14-3/h6-7H,4-5H2,1-3H3. The van der Waals surface area contributed by atoms with E-state index in [1.165, 1.54) is 0 Å². The van der Waals surface area contributed by atoms with Gasteiger partial charge in [0.2, 0.25) is 0 Å². The lowest BCUT2D eigenvalue weighted by atomic mass is 9.72. The average molecular weight is 202 g/mol. The van der Waals surface area contributed by atoms with Gasteiger partial charge >= 0.3 is 5.97 Å². The van der Waals surface area contributed by atoms with Crippen molar-refractivity contribution in [2.24, 2.45) is 11.8 Å². The van der Waals surface area contributed by atoms with E-state index in [0.717, 1.165) is 7.11 Å². The predicted octanol–water partition coefficient (Wildman–Crippen LogP) is 1.50. The number of Topliss-reactive ketones (excluding diaryl/α,β-unsaturated/α-hetero) is 1. The lowest BCUT2D eigenvalue weighted by Gasteiger charge is -2.34. The molecule has 0 spiro atoms. The van der Waals surface area contributed by atoms with Crippen molar-refractivity contribution >= 4 is 11.8 Å². The second kappa shape index (κ2) is 3.67. The van der Waals surface area contributed by atoms with Crippen LogP contribution in [-0.4, -0.2) is 24.5 Å². The summed E-state index contributed by atoms with van der Waals surface area (Å²) < 4.78 is 18.4. The first-order chi connectivity index (χ1) is 6.42. The number of halogens is 1. The van der Waals surface area contributed by atoms with Gasteiger partial charge in [-0.2, -0.15) is 0 Å². The van der Waals surface area contributed by atoms with Crippen LogP contribution in [0.1, 0.15) is 26.7 Å². The van der Waals surface area contributed by atoms with E-state index in [9.17, 15) is 14.0 Å². The van der Waals surface area contributed by atoms with E-state index in [-0.39, 0.29) is 12.3 Å². The van der Waals surface area contributed by atoms with Crippen LogP contribution in [0.15, 0.2) is 0 Å². The lowest BCUT2D eigenvalue weighted by Crippen LogP contribution is -2.52. The summed E-state index contributed by atoms with van der Waals surface area (Å²) in [5.41, 5.74) is -2.42. The van der Waals surface area contributed by atoms with Crippen LogP contribution in [0.3, 0.4) is 0 Å². The van der Waals surface area contributed by atoms with E-state index in [1.807, 2.05) is 6.92 Å². The predicted molar refractivity (Wildman–Crippen MR) is 48.4 cm³/mol. The molecule has 3 unspecified atom stereocenters. The molecule has 1 aliphatic carbocycles. The third-order valence-electron chi connectivity index (χ3n) is 2.86. The molecular formula is C10H15FO3. The lowest BCUT2D eigenvalue weighted by molar-refractivity contribution is -0.167. The maximum atomic E-state index is 14.1. The molecule has 0 aliphatic heterocycles. The van der Waals surface area contributed by atoms with Crippen LogP contribution < -0.4 is 0 Å². The fraction of sp³-hybridized carbons (Fsp3) is 0.800. The van der Waals surface area contributed by atoms with Crippen molar-refractivity contribution in [3.63, 3.8) is 0 Å². The number of rotatable bonds is 1. The highest BCUT2D eigenvalue weighted by molar-refractivity contribution is 6.08. The maximum absolute atomic E-state index is 14.1. The number of carbonyl (C=O) groups is 2. The Kier molecular flexibility index (Phi) is 2.92. The van der Waals surface area contributed by atoms with Crippen molar-refractivity contribution in [1.82, 2.24) is 0 Å². The van der Waals surface area contributed by atoms with E-state index in [1.54, 1.807) is 6.92 Å². The Morgan fingerprint density at radius 1 is 1.57 bits per heavy atom. The van der Waals surface area contributed by atoms with Gasteiger partial charge in [0.1, 0.15) is 0 Å². The number of carbonyl (C=O) groups excluding carboxylic acids is 2. The minimum atomic E-state index is -2.42. The van der Waals surface area contributed by atoms with Crippen LogP contribution in [0, 0.1) is 11.8 Å². The molecule has 3 nitrogen and oxygen atoms in total. The molecule has 1 fully saturated rings. The Morgan fingerprint density at radius 3 is 2.57 bits per heavy atom. The minimum absolute atomic E-state index is 0.121. The van der Waals surface area contributed by atoms with E-state index in [0.29, 0.717) is 6.42 Å². The van der Waals surface area contributed by atoms with Gasteiger partial charge in [0.15, 0.2) is 5.78 Å². The van der Waals surface area contributed by atoms with E-state index in [2.05, 4.69) is 4.74 Å². The largest absolute Gasteiger partial charge is 0.466 e. The molecule has 0 aromatic rings. The Hall–Kier alpha value is -0.930. The van der Waals surface area contributed by atoms with Crippen LogP contribution in [0.25, 0.3) is 0 Å². The topological polar surface area (TPSA) is 43.4 Å². The highest BCUT2D eigenvalue weighted by atomic mass is 19.1. The van der Waals surface area contributed by atoms with Crippen LogP contribution in [0.5, 0.6) is 0 Å². The summed E-state index contributed by atoms with van der Waals surface area (Å²) in [6, 6.07) is 0. The number of ether oxygens (including phenoxy) is 1. The number of hydrogen-bond donors (Lipinski definition) is 0. The minimum Gasteiger partial charge on any atom is -0.466 e. The first kappa shape index (κ1) is 11.1. The Bertz CT molecular complexity index is 264. The molecule has 4 heteroatoms. The summed E-state index contributed by atoms with van der Waals surface area (Å²) >= 11 is 0. The molecule has 80 valence electrons. The molecule has 0 heterocycles. The molecule has 1 saturated carbocycles. The first-order valence-electron chi connectivity index (χ1n) is 4.73. The molecule has 1 rings (SSSR count). The molecule has 0 radical (unpaired) electrons. The second-order valence-corrected chi connectivity index (χ2v) is 4.07. The molecule has 0 aromatic heterocycles. The van der Waals surface area contributed by atoms with Gasteiger partial charge in [0.25, 0.3) is 5.67 Å². The van der Waals surface area contributed by atoms with Crippen molar-refractivity contribution in [2.45, 2.75) is 32.4 Å². The molecule has 14 heavy (non-hydrogen) atoms. The molecule has 0 aromatic carbocycles. The van der Waals surface area contributed by atoms with E-state index < -0.39 is 23.3 Å². The van der Waals surface area contributed by atoms with Crippen LogP contribution in [0.4, 0.5) is 4.39 Å². The van der Waals surface area contributed by atoms with Crippen LogP contribution in [-0.2, 0) is 14.3 Å². The molecule has 0 bridgehead atoms. The number of esters is 1. The summed E-state index contributed by atoms with van der Waals surface area (Å²) in [7, 11) is 1.10. The summed E-state index contributed by atoms with van der Waals surface area (Å²) in [4.78, 5) is 22.7. The van der Waals surface area contributed by atoms with Crippen molar-refractivity contribution < 1.29 is 18.7 Å². The van der Waals surface area contributed by atoms with Gasteiger partial charge < -0.3 is 4.74 Å². The number of alkyl halides is 1. The molecule has 0 amide bonds. The summed E-state index contributed by atoms with van der Waals surface area (Å²) in [6.07, 6.45) is 0.660. The van der Waals surface area contributed by atoms with Gasteiger partial charge in [-0.05, 0) is 12.3 Å². The number of hydrogen-bond acceptors (Lipinski definition) is 3. The first-order valence-corrected chi connectivity index (χ1v) is 4.73. The Balaban J connectivity index is 2.95. The normalized spacial score (nSPS) is 38.1. The molecule has 0 saturated heterocycles. The van der Waals surface area contributed by atoms with Gasteiger partial charge in [-0.25, -0.2) is 9.18 Å². The molecule has 1 aliphatic rings. The third-order valence-corrected chi connectivity index (χ3v) is 2.86. The van der Waals surface area contributed by atoms with Crippen molar-refractivity contribution in [1.29, 1.82) is 0 Å². The van der Waals surface area contributed by atoms with Crippen LogP contribution >= 0.6 is 0 Å². The monoisotopic (exact) mass is 202 g/mol. The average Bonchev–Trinajstić information content (AvgIpc) is 2.12. The molecule has 0 N–H and O–H groups in total. The van der Waals surface area contributed by atoms with Gasteiger partial charge in [-0.3, -0.25) is 4.79 Å². The zero-order valence-corrected chi connectivity index (χ0v) is 8.67. The third kappa shape index (κ3) is 1.53. The van der Waals surface area contributed by atoms with E-state index in [4.69, 9.17) is 0 Å². The van der Waals surface area contributed by atoms with E-state index >= 15 is 0 Å². The van der Waals surface area contributed by atoms with Crippen molar-refractivity contribution in [2.75, 3.05) is 7.11 Å². The molecule has 3 atom stereocenters. The zero-order chi connectivity index (χ0) is 10.9. The highest BCUT2D eigenvalue weighted by Gasteiger charge is 2.54.